The number of esters is 6. The number of quaternary nitrogens is 1. The highest BCUT2D eigenvalue weighted by Gasteiger charge is 2.47. The molecule has 6 rings (SSSR count). The lowest BCUT2D eigenvalue weighted by Gasteiger charge is -2.28. The van der Waals surface area contributed by atoms with Gasteiger partial charge in [0, 0.05) is 0 Å². The highest BCUT2D eigenvalue weighted by molar-refractivity contribution is 7.81. The minimum absolute atomic E-state index is 0. The van der Waals surface area contributed by atoms with E-state index in [1.54, 1.807) is 20.8 Å². The normalized spacial score (nSPS) is 23.2. The van der Waals surface area contributed by atoms with Crippen LogP contribution in [0.15, 0.2) is 91.0 Å². The van der Waals surface area contributed by atoms with Crippen LogP contribution < -0.4 is 12.4 Å². The number of carbonyl (C=O) groups excluding carboxylic acids is 6. The maximum Gasteiger partial charge on any atom is 0.318 e. The number of ether oxygens (including phenoxy) is 3. The van der Waals surface area contributed by atoms with E-state index in [0.717, 1.165) is 43.2 Å². The predicted molar refractivity (Wildman–Crippen MR) is 246 cm³/mol. The Bertz CT molecular complexity index is 2000. The summed E-state index contributed by atoms with van der Waals surface area (Å²) in [7, 11) is 5.50. The minimum atomic E-state index is -3.07. The molecule has 3 aromatic rings. The third kappa shape index (κ3) is 17.3. The van der Waals surface area contributed by atoms with Gasteiger partial charge in [-0.15, -0.1) is 12.6 Å². The molecule has 0 bridgehead atoms. The van der Waals surface area contributed by atoms with Crippen molar-refractivity contribution in [1.82, 2.24) is 0 Å². The van der Waals surface area contributed by atoms with E-state index in [0.29, 0.717) is 16.9 Å². The molecule has 66 heavy (non-hydrogen) atoms. The molecule has 0 amide bonds. The van der Waals surface area contributed by atoms with Gasteiger partial charge >= 0.3 is 35.8 Å². The Labute approximate surface area is 400 Å². The van der Waals surface area contributed by atoms with E-state index in [4.69, 9.17) is 9.47 Å². The number of hydrogen-bond acceptors (Lipinski definition) is 11. The maximum atomic E-state index is 12.4. The first-order chi connectivity index (χ1) is 30.5. The molecule has 0 radical (unpaired) electrons. The highest BCUT2D eigenvalue weighted by atomic mass is 35.5. The van der Waals surface area contributed by atoms with E-state index in [-0.39, 0.29) is 71.8 Å². The van der Waals surface area contributed by atoms with Crippen LogP contribution in [-0.4, -0.2) is 84.5 Å². The van der Waals surface area contributed by atoms with E-state index in [9.17, 15) is 42.7 Å². The number of carbonyl (C=O) groups is 6. The zero-order chi connectivity index (χ0) is 48.6. The molecule has 0 aromatic heterocycles. The number of nitrogens with zero attached hydrogens (tertiary/aromatic N) is 1. The number of rotatable bonds is 15. The molecule has 0 aliphatic carbocycles. The van der Waals surface area contributed by atoms with Crippen molar-refractivity contribution in [2.45, 2.75) is 109 Å². The lowest BCUT2D eigenvalue weighted by molar-refractivity contribution is -0.873. The van der Waals surface area contributed by atoms with Gasteiger partial charge in [0.05, 0.1) is 63.1 Å². The van der Waals surface area contributed by atoms with Crippen LogP contribution in [0.3, 0.4) is 0 Å². The van der Waals surface area contributed by atoms with Gasteiger partial charge in [0.15, 0.2) is 0 Å². The maximum absolute atomic E-state index is 12.4. The first kappa shape index (κ1) is 57.6. The van der Waals surface area contributed by atoms with Crippen molar-refractivity contribution < 1.29 is 73.8 Å². The number of aliphatic hydroxyl groups excluding tert-OH is 1. The van der Waals surface area contributed by atoms with Gasteiger partial charge < -0.3 is 36.2 Å². The van der Waals surface area contributed by atoms with E-state index >= 15 is 0 Å². The Morgan fingerprint density at radius 3 is 1.33 bits per heavy atom. The monoisotopic (exact) mass is 959 g/mol. The van der Waals surface area contributed by atoms with Crippen molar-refractivity contribution >= 4 is 48.4 Å². The average Bonchev–Trinajstić information content (AvgIpc) is 3.76. The van der Waals surface area contributed by atoms with Gasteiger partial charge in [-0.25, -0.2) is 0 Å². The number of cyclic esters (lactones) is 6. The van der Waals surface area contributed by atoms with E-state index < -0.39 is 41.6 Å². The van der Waals surface area contributed by atoms with Gasteiger partial charge in [-0.2, -0.15) is 8.78 Å². The van der Waals surface area contributed by atoms with Gasteiger partial charge in [0.2, 0.25) is 0 Å². The number of benzene rings is 3. The van der Waals surface area contributed by atoms with Crippen LogP contribution >= 0.6 is 12.6 Å². The number of thiol groups is 1. The third-order valence-corrected chi connectivity index (χ3v) is 12.3. The SMILES string of the molecule is CCC(CC(c1ccccc1)C1C(=O)OC(=O)C1C)c1ccccc1.CCC(c1ccccc1)C1C(=O)OC(=O)C1C.CCCC1C(=O)OC(=O)C1C.C[N+](C)(C)CC(O)CC(F)(F)S.[Cl-]. The van der Waals surface area contributed by atoms with Gasteiger partial charge in [-0.1, -0.05) is 139 Å². The minimum Gasteiger partial charge on any atom is -1.00 e. The smallest absolute Gasteiger partial charge is 0.318 e. The molecule has 3 aliphatic rings. The number of aliphatic hydroxyl groups is 1. The molecule has 3 aliphatic heterocycles. The molecule has 3 heterocycles. The summed E-state index contributed by atoms with van der Waals surface area (Å²) in [6.07, 6.45) is 2.70. The molecular formula is C51H68ClF2NO10S. The van der Waals surface area contributed by atoms with Crippen LogP contribution in [0.4, 0.5) is 8.78 Å². The topological polar surface area (TPSA) is 150 Å². The third-order valence-electron chi connectivity index (χ3n) is 12.2. The summed E-state index contributed by atoms with van der Waals surface area (Å²) in [5.41, 5.74) is 3.47. The van der Waals surface area contributed by atoms with Crippen molar-refractivity contribution in [3.05, 3.63) is 108 Å². The second-order valence-electron chi connectivity index (χ2n) is 18.2. The zero-order valence-corrected chi connectivity index (χ0v) is 41.2. The second kappa shape index (κ2) is 26.7. The number of alkyl halides is 2. The number of halogens is 3. The fourth-order valence-electron chi connectivity index (χ4n) is 8.70. The molecule has 11 nitrogen and oxygen atoms in total. The second-order valence-corrected chi connectivity index (χ2v) is 18.9. The number of hydrogen-bond donors (Lipinski definition) is 2. The summed E-state index contributed by atoms with van der Waals surface area (Å²) < 4.78 is 39.1. The van der Waals surface area contributed by atoms with Gasteiger partial charge in [-0.3, -0.25) is 28.8 Å². The molecule has 364 valence electrons. The molecule has 3 fully saturated rings. The molecule has 3 saturated heterocycles. The van der Waals surface area contributed by atoms with E-state index in [2.05, 4.69) is 36.4 Å². The molecular weight excluding hydrogens is 892 g/mol. The van der Waals surface area contributed by atoms with Crippen molar-refractivity contribution in [2.75, 3.05) is 27.7 Å². The van der Waals surface area contributed by atoms with Crippen molar-refractivity contribution in [1.29, 1.82) is 0 Å². The van der Waals surface area contributed by atoms with Crippen LogP contribution in [0, 0.1) is 35.5 Å². The van der Waals surface area contributed by atoms with E-state index in [1.807, 2.05) is 114 Å². The molecule has 0 saturated carbocycles. The Morgan fingerprint density at radius 2 is 1.00 bits per heavy atom. The molecule has 3 aromatic carbocycles. The van der Waals surface area contributed by atoms with Crippen LogP contribution in [0.25, 0.3) is 0 Å². The van der Waals surface area contributed by atoms with Crippen molar-refractivity contribution in [2.24, 2.45) is 35.5 Å². The summed E-state index contributed by atoms with van der Waals surface area (Å²) >= 11 is 3.04. The Kier molecular flexibility index (Phi) is 23.3. The summed E-state index contributed by atoms with van der Waals surface area (Å²) in [5.74, 6) is -3.80. The lowest BCUT2D eigenvalue weighted by Crippen LogP contribution is -3.00. The summed E-state index contributed by atoms with van der Waals surface area (Å²) in [5, 5.41) is 6.10. The molecule has 15 heteroatoms. The summed E-state index contributed by atoms with van der Waals surface area (Å²) in [6, 6.07) is 30.2. The standard InChI is InChI=1S/C22H24O3.C14H16O3.C8H12O3.C7H15F2NOS.ClH/c1-3-16(17-10-6-4-7-11-17)14-19(18-12-8-5-9-13-18)20-15(2)21(23)25-22(20)24;1-3-11(10-7-5-4-6-8-10)12-9(2)13(15)17-14(12)16;1-3-4-6-5(2)7(9)11-8(6)10;1-10(2,3)5-6(11)4-7(8,9)12;/h4-13,15-16,19-20H,3,14H2,1-2H3;4-9,11-12H,3H2,1-2H3;5-6H,3-4H2,1-2H3;6,11H,4-5H2,1-3H3;1H. The Balaban J connectivity index is 0.000000319. The van der Waals surface area contributed by atoms with Gasteiger partial charge in [0.1, 0.15) is 12.6 Å². The number of likely N-dealkylation sites (N-methyl/N-ethyl adjacent to an activating group) is 1. The van der Waals surface area contributed by atoms with E-state index in [1.165, 1.54) is 5.56 Å². The molecule has 0 spiro atoms. The fraction of sp³-hybridized carbons (Fsp3) is 0.529. The molecule has 1 N–H and O–H groups in total. The van der Waals surface area contributed by atoms with Crippen LogP contribution in [0.2, 0.25) is 0 Å². The fourth-order valence-corrected chi connectivity index (χ4v) is 8.91. The van der Waals surface area contributed by atoms with Crippen LogP contribution in [0.1, 0.15) is 115 Å². The summed E-state index contributed by atoms with van der Waals surface area (Å²) in [6.45, 7) is 11.8. The highest BCUT2D eigenvalue weighted by Crippen LogP contribution is 2.43. The van der Waals surface area contributed by atoms with Crippen LogP contribution in [-0.2, 0) is 43.0 Å². The van der Waals surface area contributed by atoms with Gasteiger partial charge in [-0.05, 0) is 60.1 Å². The van der Waals surface area contributed by atoms with Crippen molar-refractivity contribution in [3.63, 3.8) is 0 Å². The first-order valence-electron chi connectivity index (χ1n) is 22.5. The molecule has 10 atom stereocenters. The Hall–Kier alpha value is -4.50. The van der Waals surface area contributed by atoms with Gasteiger partial charge in [0.25, 0.3) is 5.25 Å². The predicted octanol–water partition coefficient (Wildman–Crippen LogP) is 6.30. The van der Waals surface area contributed by atoms with Crippen molar-refractivity contribution in [3.8, 4) is 0 Å². The lowest BCUT2D eigenvalue weighted by atomic mass is 9.73. The largest absolute Gasteiger partial charge is 1.00 e. The summed E-state index contributed by atoms with van der Waals surface area (Å²) in [4.78, 5) is 69.2. The molecule has 10 unspecified atom stereocenters. The average molecular weight is 961 g/mol. The first-order valence-corrected chi connectivity index (χ1v) is 23.0. The Morgan fingerprint density at radius 1 is 0.606 bits per heavy atom. The zero-order valence-electron chi connectivity index (χ0n) is 39.5. The quantitative estimate of drug-likeness (QED) is 0.0585. The van der Waals surface area contributed by atoms with Crippen LogP contribution in [0.5, 0.6) is 0 Å².